The lowest BCUT2D eigenvalue weighted by Gasteiger charge is -2.36. The van der Waals surface area contributed by atoms with Gasteiger partial charge in [0.25, 0.3) is 15.9 Å². The molecule has 1 aliphatic rings. The Balaban J connectivity index is 1.64. The van der Waals surface area contributed by atoms with Gasteiger partial charge in [-0.2, -0.15) is 0 Å². The number of halogens is 1. The number of aliphatic hydroxyl groups is 1. The SMILES string of the molecule is C[C@@H]1CCCCO[C@@H](CN(C)Cc2ccccc2)[C@@H](C)CN([C@H](C)CO)C(=O)c2cc(NS(=O)(=O)c3ccc(F)cc3)ccc2O1. The molecule has 250 valence electrons. The van der Waals surface area contributed by atoms with E-state index in [1.807, 2.05) is 32.0 Å². The number of nitrogens with one attached hydrogen (secondary N) is 1. The molecule has 0 bridgehead atoms. The van der Waals surface area contributed by atoms with Gasteiger partial charge >= 0.3 is 0 Å². The summed E-state index contributed by atoms with van der Waals surface area (Å²) in [6.07, 6.45) is 2.06. The summed E-state index contributed by atoms with van der Waals surface area (Å²) in [6, 6.07) is 18.8. The van der Waals surface area contributed by atoms with E-state index in [1.54, 1.807) is 17.9 Å². The van der Waals surface area contributed by atoms with Crippen LogP contribution in [0.5, 0.6) is 5.75 Å². The fraction of sp³-hybridized carbons (Fsp3) is 0.457. The number of nitrogens with zero attached hydrogens (tertiary/aromatic N) is 2. The Morgan fingerprint density at radius 3 is 2.48 bits per heavy atom. The fourth-order valence-corrected chi connectivity index (χ4v) is 6.59. The van der Waals surface area contributed by atoms with Crippen LogP contribution >= 0.6 is 0 Å². The van der Waals surface area contributed by atoms with Gasteiger partial charge in [-0.25, -0.2) is 12.8 Å². The molecule has 46 heavy (non-hydrogen) atoms. The third-order valence-corrected chi connectivity index (χ3v) is 9.61. The zero-order valence-electron chi connectivity index (χ0n) is 27.1. The Morgan fingerprint density at radius 1 is 1.07 bits per heavy atom. The molecule has 3 aromatic carbocycles. The quantitative estimate of drug-likeness (QED) is 0.311. The molecule has 11 heteroatoms. The third-order valence-electron chi connectivity index (χ3n) is 8.21. The number of carbonyl (C=O) groups is 1. The molecule has 2 N–H and O–H groups in total. The molecule has 0 aromatic heterocycles. The minimum Gasteiger partial charge on any atom is -0.490 e. The van der Waals surface area contributed by atoms with Gasteiger partial charge in [0.05, 0.1) is 35.3 Å². The lowest BCUT2D eigenvalue weighted by atomic mass is 10.0. The number of amides is 1. The van der Waals surface area contributed by atoms with Gasteiger partial charge in [-0.3, -0.25) is 14.4 Å². The normalized spacial score (nSPS) is 20.8. The molecule has 0 saturated carbocycles. The number of hydrogen-bond donors (Lipinski definition) is 2. The molecule has 0 spiro atoms. The Hall–Kier alpha value is -3.51. The standard InChI is InChI=1S/C35H46FN3O6S/c1-25-21-39(26(2)24-40)35(41)32-20-30(37-46(42,43)31-16-13-29(36)14-17-31)15-18-33(32)45-27(3)10-8-9-19-44-34(25)23-38(4)22-28-11-6-5-7-12-28/h5-7,11-18,20,25-27,34,37,40H,8-10,19,21-24H2,1-4H3/t25-,26+,27+,34-/m0/s1. The molecule has 1 heterocycles. The van der Waals surface area contributed by atoms with Crippen LogP contribution in [0.3, 0.4) is 0 Å². The summed E-state index contributed by atoms with van der Waals surface area (Å²) in [7, 11) is -2.01. The maximum atomic E-state index is 14.3. The van der Waals surface area contributed by atoms with Crippen LogP contribution in [0, 0.1) is 11.7 Å². The predicted octanol–water partition coefficient (Wildman–Crippen LogP) is 5.55. The predicted molar refractivity (Wildman–Crippen MR) is 177 cm³/mol. The molecule has 1 aliphatic heterocycles. The second-order valence-electron chi connectivity index (χ2n) is 12.3. The summed E-state index contributed by atoms with van der Waals surface area (Å²) in [5, 5.41) is 10.2. The number of carbonyl (C=O) groups excluding carboxylic acids is 1. The molecule has 4 atom stereocenters. The number of hydrogen-bond acceptors (Lipinski definition) is 7. The van der Waals surface area contributed by atoms with Crippen molar-refractivity contribution in [1.29, 1.82) is 0 Å². The van der Waals surface area contributed by atoms with Crippen LogP contribution in [0.15, 0.2) is 77.7 Å². The molecule has 1 amide bonds. The van der Waals surface area contributed by atoms with E-state index in [0.29, 0.717) is 25.4 Å². The lowest BCUT2D eigenvalue weighted by Crippen LogP contribution is -2.47. The van der Waals surface area contributed by atoms with Crippen LogP contribution in [0.4, 0.5) is 10.1 Å². The molecule has 0 saturated heterocycles. The van der Waals surface area contributed by atoms with Crippen LogP contribution in [0.25, 0.3) is 0 Å². The highest BCUT2D eigenvalue weighted by molar-refractivity contribution is 7.92. The molecule has 0 aliphatic carbocycles. The first-order valence-electron chi connectivity index (χ1n) is 15.8. The van der Waals surface area contributed by atoms with Crippen molar-refractivity contribution in [3.8, 4) is 5.75 Å². The molecule has 0 unspecified atom stereocenters. The number of fused-ring (bicyclic) bond motifs is 1. The first kappa shape index (κ1) is 35.3. The Labute approximate surface area is 272 Å². The Bertz CT molecular complexity index is 1520. The largest absolute Gasteiger partial charge is 0.490 e. The van der Waals surface area contributed by atoms with E-state index < -0.39 is 27.8 Å². The highest BCUT2D eigenvalue weighted by Crippen LogP contribution is 2.29. The summed E-state index contributed by atoms with van der Waals surface area (Å²) in [5.74, 6) is -0.711. The zero-order valence-corrected chi connectivity index (χ0v) is 27.9. The van der Waals surface area contributed by atoms with Gasteiger partial charge in [-0.15, -0.1) is 0 Å². The smallest absolute Gasteiger partial charge is 0.261 e. The van der Waals surface area contributed by atoms with Gasteiger partial charge in [0, 0.05) is 37.8 Å². The maximum absolute atomic E-state index is 14.3. The van der Waals surface area contributed by atoms with E-state index in [2.05, 4.69) is 28.8 Å². The van der Waals surface area contributed by atoms with Gasteiger partial charge < -0.3 is 19.5 Å². The van der Waals surface area contributed by atoms with E-state index in [4.69, 9.17) is 9.47 Å². The number of sulfonamides is 1. The van der Waals surface area contributed by atoms with Crippen molar-refractivity contribution in [1.82, 2.24) is 9.80 Å². The minimum absolute atomic E-state index is 0.0948. The number of ether oxygens (including phenoxy) is 2. The average Bonchev–Trinajstić information content (AvgIpc) is 3.03. The van der Waals surface area contributed by atoms with Crippen LogP contribution in [-0.4, -0.2) is 80.8 Å². The molecule has 0 radical (unpaired) electrons. The molecule has 4 rings (SSSR count). The molecule has 9 nitrogen and oxygen atoms in total. The van der Waals surface area contributed by atoms with Crippen molar-refractivity contribution in [3.63, 3.8) is 0 Å². The summed E-state index contributed by atoms with van der Waals surface area (Å²) in [6.45, 7) is 7.77. The lowest BCUT2D eigenvalue weighted by molar-refractivity contribution is -0.0177. The summed E-state index contributed by atoms with van der Waals surface area (Å²) < 4.78 is 54.8. The number of benzene rings is 3. The fourth-order valence-electron chi connectivity index (χ4n) is 5.54. The highest BCUT2D eigenvalue weighted by atomic mass is 32.2. The number of likely N-dealkylation sites (N-methyl/N-ethyl adjacent to an activating group) is 1. The second kappa shape index (κ2) is 16.4. The topological polar surface area (TPSA) is 108 Å². The summed E-state index contributed by atoms with van der Waals surface area (Å²) >= 11 is 0. The van der Waals surface area contributed by atoms with E-state index in [1.165, 1.54) is 29.8 Å². The van der Waals surface area contributed by atoms with Crippen molar-refractivity contribution >= 4 is 21.6 Å². The summed E-state index contributed by atoms with van der Waals surface area (Å²) in [4.78, 5) is 18.0. The zero-order chi connectivity index (χ0) is 33.3. The summed E-state index contributed by atoms with van der Waals surface area (Å²) in [5.41, 5.74) is 1.53. The number of anilines is 1. The Kier molecular flexibility index (Phi) is 12.6. The van der Waals surface area contributed by atoms with Crippen LogP contribution < -0.4 is 9.46 Å². The number of aliphatic hydroxyl groups excluding tert-OH is 1. The van der Waals surface area contributed by atoms with E-state index in [0.717, 1.165) is 37.9 Å². The van der Waals surface area contributed by atoms with Crippen LogP contribution in [0.1, 0.15) is 56.0 Å². The van der Waals surface area contributed by atoms with Gasteiger partial charge in [-0.05, 0) is 88.2 Å². The van der Waals surface area contributed by atoms with E-state index in [9.17, 15) is 22.7 Å². The highest BCUT2D eigenvalue weighted by Gasteiger charge is 2.30. The average molecular weight is 656 g/mol. The minimum atomic E-state index is -4.06. The van der Waals surface area contributed by atoms with Gasteiger partial charge in [0.2, 0.25) is 0 Å². The third kappa shape index (κ3) is 9.75. The van der Waals surface area contributed by atoms with Gasteiger partial charge in [0.1, 0.15) is 11.6 Å². The van der Waals surface area contributed by atoms with Crippen molar-refractivity contribution in [3.05, 3.63) is 89.7 Å². The van der Waals surface area contributed by atoms with E-state index in [-0.39, 0.29) is 40.9 Å². The van der Waals surface area contributed by atoms with Crippen molar-refractivity contribution < 1.29 is 32.2 Å². The van der Waals surface area contributed by atoms with Crippen molar-refractivity contribution in [2.75, 3.05) is 38.1 Å². The molecular formula is C35H46FN3O6S. The molecular weight excluding hydrogens is 609 g/mol. The second-order valence-corrected chi connectivity index (χ2v) is 13.9. The van der Waals surface area contributed by atoms with Crippen LogP contribution in [0.2, 0.25) is 0 Å². The maximum Gasteiger partial charge on any atom is 0.261 e. The van der Waals surface area contributed by atoms with Gasteiger partial charge in [0.15, 0.2) is 0 Å². The van der Waals surface area contributed by atoms with E-state index >= 15 is 0 Å². The Morgan fingerprint density at radius 2 is 1.78 bits per heavy atom. The van der Waals surface area contributed by atoms with Crippen molar-refractivity contribution in [2.45, 2.75) is 69.7 Å². The van der Waals surface area contributed by atoms with Crippen LogP contribution in [-0.2, 0) is 21.3 Å². The number of rotatable bonds is 9. The first-order chi connectivity index (χ1) is 22.0. The molecule has 3 aromatic rings. The monoisotopic (exact) mass is 655 g/mol. The molecule has 0 fully saturated rings. The first-order valence-corrected chi connectivity index (χ1v) is 17.3. The van der Waals surface area contributed by atoms with Crippen molar-refractivity contribution in [2.24, 2.45) is 5.92 Å². The van der Waals surface area contributed by atoms with Gasteiger partial charge in [-0.1, -0.05) is 37.3 Å².